The molecule has 0 aliphatic heterocycles. The topological polar surface area (TPSA) is 97.2 Å². The van der Waals surface area contributed by atoms with Gasteiger partial charge in [0.2, 0.25) is 0 Å². The van der Waals surface area contributed by atoms with E-state index in [1.807, 2.05) is 0 Å². The van der Waals surface area contributed by atoms with E-state index in [9.17, 15) is 14.0 Å². The predicted octanol–water partition coefficient (Wildman–Crippen LogP) is 0.373. The molecular formula is C19H24FIN3O3-. The average Bonchev–Trinajstić information content (AvgIpc) is 2.74. The second-order valence-corrected chi connectivity index (χ2v) is 9.83. The molecule has 8 heteroatoms. The Kier molecular flexibility index (Phi) is 5.64. The SMILES string of the molecule is CC(C)(C)OC(=O)N[I-]c1c(F)cc(C(N)=O)c2[nH]c3c(c12)CCCCC3. The third kappa shape index (κ3) is 4.36. The minimum atomic E-state index is -1.20. The number of carbonyl (C=O) groups is 2. The molecule has 0 saturated heterocycles. The Balaban J connectivity index is 2.05. The van der Waals surface area contributed by atoms with Crippen LogP contribution in [0, 0.1) is 9.39 Å². The molecule has 1 aromatic heterocycles. The van der Waals surface area contributed by atoms with Crippen molar-refractivity contribution in [2.45, 2.75) is 58.5 Å². The van der Waals surface area contributed by atoms with Gasteiger partial charge in [0, 0.05) is 0 Å². The number of nitrogens with one attached hydrogen (secondary N) is 2. The Morgan fingerprint density at radius 3 is 2.63 bits per heavy atom. The summed E-state index contributed by atoms with van der Waals surface area (Å²) in [6, 6.07) is 1.17. The Morgan fingerprint density at radius 2 is 1.96 bits per heavy atom. The number of halogens is 2. The maximum atomic E-state index is 14.9. The molecule has 1 heterocycles. The summed E-state index contributed by atoms with van der Waals surface area (Å²) < 4.78 is 23.3. The zero-order valence-electron chi connectivity index (χ0n) is 15.7. The molecule has 0 unspecified atom stereocenters. The van der Waals surface area contributed by atoms with Crippen LogP contribution in [0.2, 0.25) is 0 Å². The molecule has 2 aromatic rings. The predicted molar refractivity (Wildman–Crippen MR) is 96.1 cm³/mol. The first-order valence-electron chi connectivity index (χ1n) is 8.96. The summed E-state index contributed by atoms with van der Waals surface area (Å²) in [5.41, 5.74) is 7.67. The van der Waals surface area contributed by atoms with Gasteiger partial charge in [-0.1, -0.05) is 0 Å². The fourth-order valence-corrected chi connectivity index (χ4v) is 5.23. The van der Waals surface area contributed by atoms with Gasteiger partial charge < -0.3 is 0 Å². The Labute approximate surface area is 168 Å². The number of benzene rings is 1. The van der Waals surface area contributed by atoms with Crippen LogP contribution in [-0.2, 0) is 17.6 Å². The van der Waals surface area contributed by atoms with Crippen molar-refractivity contribution in [2.75, 3.05) is 0 Å². The number of carbonyl (C=O) groups excluding carboxylic acids is 2. The van der Waals surface area contributed by atoms with Gasteiger partial charge in [-0.15, -0.1) is 0 Å². The summed E-state index contributed by atoms with van der Waals surface area (Å²) >= 11 is -1.20. The number of primary amides is 1. The molecule has 0 bridgehead atoms. The van der Waals surface area contributed by atoms with Crippen molar-refractivity contribution in [3.8, 4) is 0 Å². The number of hydrogen-bond donors (Lipinski definition) is 3. The molecule has 3 rings (SSSR count). The zero-order chi connectivity index (χ0) is 19.8. The van der Waals surface area contributed by atoms with Crippen molar-refractivity contribution >= 4 is 22.9 Å². The third-order valence-corrected chi connectivity index (χ3v) is 6.70. The molecule has 0 atom stereocenters. The van der Waals surface area contributed by atoms with Gasteiger partial charge in [-0.2, -0.15) is 0 Å². The molecule has 148 valence electrons. The van der Waals surface area contributed by atoms with Crippen molar-refractivity contribution in [1.29, 1.82) is 0 Å². The van der Waals surface area contributed by atoms with E-state index in [2.05, 4.69) is 8.51 Å². The number of aromatic nitrogens is 1. The number of fused-ring (bicyclic) bond motifs is 3. The van der Waals surface area contributed by atoms with Crippen LogP contribution in [0.1, 0.15) is 61.6 Å². The second kappa shape index (κ2) is 7.65. The first-order chi connectivity index (χ1) is 12.7. The van der Waals surface area contributed by atoms with E-state index >= 15 is 0 Å². The summed E-state index contributed by atoms with van der Waals surface area (Å²) in [5, 5.41) is 0.713. The fourth-order valence-electron chi connectivity index (χ4n) is 3.36. The van der Waals surface area contributed by atoms with Gasteiger partial charge in [0.15, 0.2) is 0 Å². The van der Waals surface area contributed by atoms with Gasteiger partial charge in [0.05, 0.1) is 0 Å². The minimum absolute atomic E-state index is 0.153. The Bertz CT molecular complexity index is 902. The Morgan fingerprint density at radius 1 is 1.26 bits per heavy atom. The summed E-state index contributed by atoms with van der Waals surface area (Å²) in [6.07, 6.45) is 4.29. The van der Waals surface area contributed by atoms with Gasteiger partial charge in [0.1, 0.15) is 0 Å². The maximum absolute atomic E-state index is 14.9. The number of amides is 2. The molecule has 0 radical (unpaired) electrons. The number of aryl methyl sites for hydroxylation is 2. The van der Waals surface area contributed by atoms with Crippen LogP contribution in [0.5, 0.6) is 0 Å². The van der Waals surface area contributed by atoms with E-state index in [0.717, 1.165) is 43.4 Å². The Hall–Kier alpha value is -1.84. The average molecular weight is 488 g/mol. The van der Waals surface area contributed by atoms with Crippen molar-refractivity contribution in [1.82, 2.24) is 8.51 Å². The van der Waals surface area contributed by atoms with E-state index in [1.54, 1.807) is 20.8 Å². The number of nitrogens with two attached hydrogens (primary N) is 1. The van der Waals surface area contributed by atoms with Crippen LogP contribution in [-0.4, -0.2) is 22.6 Å². The van der Waals surface area contributed by atoms with E-state index < -0.39 is 44.9 Å². The van der Waals surface area contributed by atoms with Crippen LogP contribution < -0.4 is 30.7 Å². The van der Waals surface area contributed by atoms with E-state index in [4.69, 9.17) is 10.5 Å². The number of H-pyrrole nitrogens is 1. The molecule has 6 nitrogen and oxygen atoms in total. The fraction of sp³-hybridized carbons (Fsp3) is 0.474. The van der Waals surface area contributed by atoms with Crippen LogP contribution in [0.3, 0.4) is 0 Å². The number of hydrogen-bond acceptors (Lipinski definition) is 3. The molecule has 0 saturated carbocycles. The first-order valence-corrected chi connectivity index (χ1v) is 11.1. The van der Waals surface area contributed by atoms with E-state index in [0.29, 0.717) is 14.5 Å². The molecule has 1 aromatic carbocycles. The van der Waals surface area contributed by atoms with Crippen molar-refractivity contribution in [3.05, 3.63) is 32.3 Å². The molecule has 0 spiro atoms. The summed E-state index contributed by atoms with van der Waals surface area (Å²) in [5.74, 6) is -1.17. The molecule has 2 amide bonds. The van der Waals surface area contributed by atoms with Crippen molar-refractivity contribution < 1.29 is 40.2 Å². The number of aromatic amines is 1. The zero-order valence-corrected chi connectivity index (χ0v) is 17.8. The van der Waals surface area contributed by atoms with Crippen LogP contribution in [0.25, 0.3) is 10.9 Å². The van der Waals surface area contributed by atoms with Crippen molar-refractivity contribution in [2.24, 2.45) is 5.73 Å². The number of ether oxygens (including phenoxy) is 1. The normalized spacial score (nSPS) is 14.7. The monoisotopic (exact) mass is 488 g/mol. The van der Waals surface area contributed by atoms with Gasteiger partial charge in [-0.3, -0.25) is 0 Å². The molecule has 0 fully saturated rings. The second-order valence-electron chi connectivity index (χ2n) is 7.67. The first kappa shape index (κ1) is 19.9. The van der Waals surface area contributed by atoms with Crippen LogP contribution in [0.15, 0.2) is 6.07 Å². The molecule has 4 N–H and O–H groups in total. The van der Waals surface area contributed by atoms with Gasteiger partial charge in [0.25, 0.3) is 0 Å². The molecule has 1 aliphatic carbocycles. The van der Waals surface area contributed by atoms with Gasteiger partial charge >= 0.3 is 168 Å². The summed E-state index contributed by atoms with van der Waals surface area (Å²) in [4.78, 5) is 27.2. The standard InChI is InChI=1S/C19H24FIN3O3/c1-19(2,3)27-18(26)24-21-15-12(20)9-11(17(22)25)16-14(15)10-7-5-4-6-8-13(10)23-16/h9,23H,4-8H2,1-3H3,(H2,22,25)(H,24,26)/q-1. The van der Waals surface area contributed by atoms with E-state index in [1.165, 1.54) is 6.07 Å². The molecular weight excluding hydrogens is 464 g/mol. The molecule has 27 heavy (non-hydrogen) atoms. The number of rotatable bonds is 3. The van der Waals surface area contributed by atoms with Gasteiger partial charge in [-0.25, -0.2) is 0 Å². The quantitative estimate of drug-likeness (QED) is 0.331. The molecule has 1 aliphatic rings. The summed E-state index contributed by atoms with van der Waals surface area (Å²) in [6.45, 7) is 5.33. The van der Waals surface area contributed by atoms with Crippen LogP contribution in [0.4, 0.5) is 9.18 Å². The third-order valence-electron chi connectivity index (χ3n) is 4.40. The van der Waals surface area contributed by atoms with Crippen LogP contribution >= 0.6 is 0 Å². The van der Waals surface area contributed by atoms with Gasteiger partial charge in [-0.05, 0) is 0 Å². The van der Waals surface area contributed by atoms with Crippen molar-refractivity contribution in [3.63, 3.8) is 0 Å². The summed E-state index contributed by atoms with van der Waals surface area (Å²) in [7, 11) is 0. The van der Waals surface area contributed by atoms with E-state index in [-0.39, 0.29) is 5.56 Å².